The molecular weight excluding hydrogens is 303 g/mol. The summed E-state index contributed by atoms with van der Waals surface area (Å²) in [7, 11) is 0. The number of carbonyl (C=O) groups is 1. The summed E-state index contributed by atoms with van der Waals surface area (Å²) in [5.74, 6) is -0.503. The number of thiophene rings is 1. The van der Waals surface area contributed by atoms with Gasteiger partial charge in [-0.3, -0.25) is 4.79 Å². The molecule has 0 aliphatic rings. The highest BCUT2D eigenvalue weighted by atomic mass is 32.1. The van der Waals surface area contributed by atoms with Crippen LogP contribution in [0.2, 0.25) is 0 Å². The van der Waals surface area contributed by atoms with Crippen molar-refractivity contribution in [3.63, 3.8) is 0 Å². The van der Waals surface area contributed by atoms with Gasteiger partial charge in [-0.25, -0.2) is 0 Å². The molecule has 21 heavy (non-hydrogen) atoms. The summed E-state index contributed by atoms with van der Waals surface area (Å²) in [5, 5.41) is 11.7. The van der Waals surface area contributed by atoms with Crippen molar-refractivity contribution in [2.75, 3.05) is 5.32 Å². The van der Waals surface area contributed by atoms with Gasteiger partial charge in [-0.1, -0.05) is 0 Å². The number of H-pyrrole nitrogens is 1. The van der Waals surface area contributed by atoms with Crippen molar-refractivity contribution in [3.05, 3.63) is 40.0 Å². The number of hydrogen-bond acceptors (Lipinski definition) is 3. The fourth-order valence-electron chi connectivity index (χ4n) is 1.84. The van der Waals surface area contributed by atoms with Crippen LogP contribution in [0, 0.1) is 18.3 Å². The number of aromatic amines is 1. The largest absolute Gasteiger partial charge is 0.393 e. The summed E-state index contributed by atoms with van der Waals surface area (Å²) in [5.41, 5.74) is 0.0498. The van der Waals surface area contributed by atoms with E-state index in [0.717, 1.165) is 11.3 Å². The maximum absolute atomic E-state index is 12.5. The Kier molecular flexibility index (Phi) is 4.04. The fourth-order valence-corrected chi connectivity index (χ4v) is 2.86. The molecule has 0 unspecified atom stereocenters. The van der Waals surface area contributed by atoms with Gasteiger partial charge < -0.3 is 10.3 Å². The van der Waals surface area contributed by atoms with Gasteiger partial charge in [-0.2, -0.15) is 18.4 Å². The summed E-state index contributed by atoms with van der Waals surface area (Å²) < 4.78 is 37.6. The van der Waals surface area contributed by atoms with Crippen LogP contribution in [0.25, 0.3) is 0 Å². The zero-order valence-corrected chi connectivity index (χ0v) is 11.7. The van der Waals surface area contributed by atoms with Crippen molar-refractivity contribution in [1.82, 2.24) is 4.98 Å². The topological polar surface area (TPSA) is 68.7 Å². The van der Waals surface area contributed by atoms with E-state index in [1.165, 1.54) is 13.0 Å². The van der Waals surface area contributed by atoms with Crippen molar-refractivity contribution in [3.8, 4) is 6.07 Å². The van der Waals surface area contributed by atoms with E-state index in [1.54, 1.807) is 18.3 Å². The number of amides is 1. The minimum atomic E-state index is -4.40. The van der Waals surface area contributed by atoms with E-state index >= 15 is 0 Å². The van der Waals surface area contributed by atoms with Crippen molar-refractivity contribution >= 4 is 22.2 Å². The predicted octanol–water partition coefficient (Wildman–Crippen LogP) is 3.61. The number of nitrogens with zero attached hydrogens (tertiary/aromatic N) is 1. The van der Waals surface area contributed by atoms with Crippen LogP contribution in [0.15, 0.2) is 18.3 Å². The molecule has 0 bridgehead atoms. The van der Waals surface area contributed by atoms with E-state index in [9.17, 15) is 18.0 Å². The summed E-state index contributed by atoms with van der Waals surface area (Å²) in [6.07, 6.45) is -4.04. The molecule has 0 atom stereocenters. The molecule has 0 saturated heterocycles. The lowest BCUT2D eigenvalue weighted by atomic mass is 10.1. The minimum Gasteiger partial charge on any atom is -0.357 e. The van der Waals surface area contributed by atoms with E-state index in [0.29, 0.717) is 4.88 Å². The monoisotopic (exact) mass is 313 g/mol. The zero-order chi connectivity index (χ0) is 15.6. The second-order valence-electron chi connectivity index (χ2n) is 4.28. The molecule has 2 N–H and O–H groups in total. The number of rotatable bonds is 3. The standard InChI is InChI=1S/C13H10F3N3OS/c1-7-8(5-13(14,15)16)9(6-17)12(21-7)19-11(20)10-3-2-4-18-10/h2-4,18H,5H2,1H3,(H,19,20). The van der Waals surface area contributed by atoms with Gasteiger partial charge in [0.1, 0.15) is 16.8 Å². The Hall–Kier alpha value is -2.27. The van der Waals surface area contributed by atoms with E-state index < -0.39 is 18.5 Å². The van der Waals surface area contributed by atoms with Crippen molar-refractivity contribution < 1.29 is 18.0 Å². The SMILES string of the molecule is Cc1sc(NC(=O)c2ccc[nH]2)c(C#N)c1CC(F)(F)F. The number of nitriles is 1. The maximum Gasteiger partial charge on any atom is 0.393 e. The average Bonchev–Trinajstić information content (AvgIpc) is 2.97. The van der Waals surface area contributed by atoms with E-state index in [2.05, 4.69) is 10.3 Å². The van der Waals surface area contributed by atoms with E-state index in [1.807, 2.05) is 0 Å². The molecule has 0 aliphatic heterocycles. The molecule has 0 aliphatic carbocycles. The first kappa shape index (κ1) is 15.1. The van der Waals surface area contributed by atoms with Crippen LogP contribution in [0.3, 0.4) is 0 Å². The summed E-state index contributed by atoms with van der Waals surface area (Å²) in [6, 6.07) is 4.89. The molecule has 2 aromatic rings. The molecule has 2 heterocycles. The summed E-state index contributed by atoms with van der Waals surface area (Å²) >= 11 is 0.964. The number of hydrogen-bond donors (Lipinski definition) is 2. The summed E-state index contributed by atoms with van der Waals surface area (Å²) in [6.45, 7) is 1.50. The van der Waals surface area contributed by atoms with E-state index in [-0.39, 0.29) is 21.8 Å². The molecule has 110 valence electrons. The van der Waals surface area contributed by atoms with Gasteiger partial charge >= 0.3 is 6.18 Å². The number of nitrogens with one attached hydrogen (secondary N) is 2. The maximum atomic E-state index is 12.5. The molecule has 0 spiro atoms. The summed E-state index contributed by atoms with van der Waals surface area (Å²) in [4.78, 5) is 14.9. The van der Waals surface area contributed by atoms with Crippen LogP contribution in [-0.2, 0) is 6.42 Å². The number of alkyl halides is 3. The van der Waals surface area contributed by atoms with Gasteiger partial charge in [0.15, 0.2) is 0 Å². The van der Waals surface area contributed by atoms with Crippen molar-refractivity contribution in [1.29, 1.82) is 5.26 Å². The van der Waals surface area contributed by atoms with Gasteiger partial charge in [-0.05, 0) is 24.6 Å². The van der Waals surface area contributed by atoms with Crippen molar-refractivity contribution in [2.24, 2.45) is 0 Å². The third-order valence-corrected chi connectivity index (χ3v) is 3.83. The fraction of sp³-hybridized carbons (Fsp3) is 0.231. The van der Waals surface area contributed by atoms with Crippen LogP contribution in [-0.4, -0.2) is 17.1 Å². The third kappa shape index (κ3) is 3.44. The van der Waals surface area contributed by atoms with Gasteiger partial charge in [0.25, 0.3) is 5.91 Å². The Morgan fingerprint density at radius 2 is 2.24 bits per heavy atom. The molecule has 0 radical (unpaired) electrons. The van der Waals surface area contributed by atoms with Crippen LogP contribution in [0.5, 0.6) is 0 Å². The highest BCUT2D eigenvalue weighted by Gasteiger charge is 2.32. The first-order valence-corrected chi connectivity index (χ1v) is 6.67. The second kappa shape index (κ2) is 5.61. The Labute approximate surface area is 122 Å². The van der Waals surface area contributed by atoms with E-state index in [4.69, 9.17) is 5.26 Å². The smallest absolute Gasteiger partial charge is 0.357 e. The molecule has 0 fully saturated rings. The van der Waals surface area contributed by atoms with Gasteiger partial charge in [-0.15, -0.1) is 11.3 Å². The molecule has 2 aromatic heterocycles. The average molecular weight is 313 g/mol. The van der Waals surface area contributed by atoms with Gasteiger partial charge in [0.2, 0.25) is 0 Å². The minimum absolute atomic E-state index is 0.0863. The first-order valence-electron chi connectivity index (χ1n) is 5.85. The Balaban J connectivity index is 2.31. The molecule has 0 saturated carbocycles. The number of aryl methyl sites for hydroxylation is 1. The normalized spacial score (nSPS) is 11.2. The quantitative estimate of drug-likeness (QED) is 0.909. The zero-order valence-electron chi connectivity index (χ0n) is 10.8. The molecule has 0 aromatic carbocycles. The highest BCUT2D eigenvalue weighted by Crippen LogP contribution is 2.36. The molecular formula is C13H10F3N3OS. The van der Waals surface area contributed by atoms with Crippen molar-refractivity contribution in [2.45, 2.75) is 19.5 Å². The van der Waals surface area contributed by atoms with Crippen LogP contribution in [0.1, 0.15) is 26.5 Å². The number of halogens is 3. The number of anilines is 1. The molecule has 4 nitrogen and oxygen atoms in total. The lowest BCUT2D eigenvalue weighted by Gasteiger charge is -2.06. The Bertz CT molecular complexity index is 696. The van der Waals surface area contributed by atoms with Gasteiger partial charge in [0, 0.05) is 11.1 Å². The number of carbonyl (C=O) groups excluding carboxylic acids is 1. The second-order valence-corrected chi connectivity index (χ2v) is 5.51. The first-order chi connectivity index (χ1) is 9.81. The molecule has 1 amide bonds. The molecule has 8 heteroatoms. The number of aromatic nitrogens is 1. The Morgan fingerprint density at radius 1 is 1.52 bits per heavy atom. The predicted molar refractivity (Wildman–Crippen MR) is 72.3 cm³/mol. The van der Waals surface area contributed by atoms with Crippen LogP contribution in [0.4, 0.5) is 18.2 Å². The lowest BCUT2D eigenvalue weighted by molar-refractivity contribution is -0.127. The van der Waals surface area contributed by atoms with Gasteiger partial charge in [0.05, 0.1) is 12.0 Å². The highest BCUT2D eigenvalue weighted by molar-refractivity contribution is 7.16. The lowest BCUT2D eigenvalue weighted by Crippen LogP contribution is -2.14. The van der Waals surface area contributed by atoms with Crippen LogP contribution < -0.4 is 5.32 Å². The Morgan fingerprint density at radius 3 is 2.76 bits per heavy atom. The van der Waals surface area contributed by atoms with Crippen LogP contribution >= 0.6 is 11.3 Å². The third-order valence-electron chi connectivity index (χ3n) is 2.77. The molecule has 2 rings (SSSR count).